The molecule has 6 nitrogen and oxygen atoms in total. The highest BCUT2D eigenvalue weighted by Gasteiger charge is 2.02. The van der Waals surface area contributed by atoms with Crippen LogP contribution in [0, 0.1) is 0 Å². The molecule has 0 aliphatic carbocycles. The molecule has 1 heterocycles. The van der Waals surface area contributed by atoms with Gasteiger partial charge in [0.2, 0.25) is 5.91 Å². The molecular formula is C8H14N4O2. The van der Waals surface area contributed by atoms with Crippen LogP contribution in [0.4, 0.5) is 0 Å². The van der Waals surface area contributed by atoms with Crippen molar-refractivity contribution in [1.29, 1.82) is 0 Å². The third-order valence-electron chi connectivity index (χ3n) is 1.66. The molecule has 0 aromatic carbocycles. The summed E-state index contributed by atoms with van der Waals surface area (Å²) >= 11 is 0. The van der Waals surface area contributed by atoms with Crippen molar-refractivity contribution in [2.24, 2.45) is 0 Å². The van der Waals surface area contributed by atoms with Crippen LogP contribution in [0.25, 0.3) is 0 Å². The van der Waals surface area contributed by atoms with Crippen molar-refractivity contribution in [3.63, 3.8) is 0 Å². The summed E-state index contributed by atoms with van der Waals surface area (Å²) in [6, 6.07) is 0. The monoisotopic (exact) mass is 198 g/mol. The summed E-state index contributed by atoms with van der Waals surface area (Å²) in [5.74, 6) is -0.129. The second kappa shape index (κ2) is 5.33. The van der Waals surface area contributed by atoms with Gasteiger partial charge in [-0.15, -0.1) is 5.10 Å². The Kier molecular flexibility index (Phi) is 4.06. The summed E-state index contributed by atoms with van der Waals surface area (Å²) in [5.41, 5.74) is 0. The number of aliphatic hydroxyl groups is 1. The molecule has 1 aromatic heterocycles. The third-order valence-corrected chi connectivity index (χ3v) is 1.66. The molecule has 0 spiro atoms. The molecule has 0 radical (unpaired) electrons. The molecule has 0 saturated heterocycles. The molecule has 0 fully saturated rings. The van der Waals surface area contributed by atoms with E-state index in [1.54, 1.807) is 13.1 Å². The second-order valence-electron chi connectivity index (χ2n) is 3.09. The highest BCUT2D eigenvalue weighted by Crippen LogP contribution is 1.86. The van der Waals surface area contributed by atoms with Gasteiger partial charge in [0.15, 0.2) is 0 Å². The van der Waals surface area contributed by atoms with E-state index in [0.29, 0.717) is 13.0 Å². The first kappa shape index (κ1) is 10.6. The van der Waals surface area contributed by atoms with E-state index in [1.165, 1.54) is 10.9 Å². The van der Waals surface area contributed by atoms with Gasteiger partial charge in [-0.2, -0.15) is 0 Å². The lowest BCUT2D eigenvalue weighted by atomic mass is 10.3. The van der Waals surface area contributed by atoms with Crippen molar-refractivity contribution in [3.8, 4) is 0 Å². The van der Waals surface area contributed by atoms with E-state index < -0.39 is 0 Å². The van der Waals surface area contributed by atoms with Crippen LogP contribution in [0.1, 0.15) is 13.3 Å². The molecule has 1 rings (SSSR count). The number of nitrogens with zero attached hydrogens (tertiary/aromatic N) is 3. The van der Waals surface area contributed by atoms with Crippen molar-refractivity contribution in [3.05, 3.63) is 12.4 Å². The van der Waals surface area contributed by atoms with Crippen LogP contribution < -0.4 is 5.32 Å². The SMILES string of the molecule is CC(O)CCNC(=O)Cn1ccnn1. The first-order chi connectivity index (χ1) is 6.68. The summed E-state index contributed by atoms with van der Waals surface area (Å²) in [5, 5.41) is 18.8. The maximum absolute atomic E-state index is 11.2. The highest BCUT2D eigenvalue weighted by atomic mass is 16.3. The number of amides is 1. The maximum atomic E-state index is 11.2. The molecule has 1 unspecified atom stereocenters. The maximum Gasteiger partial charge on any atom is 0.241 e. The predicted molar refractivity (Wildman–Crippen MR) is 49.3 cm³/mol. The van der Waals surface area contributed by atoms with E-state index in [4.69, 9.17) is 5.11 Å². The fourth-order valence-electron chi connectivity index (χ4n) is 0.941. The Morgan fingerprint density at radius 1 is 1.71 bits per heavy atom. The van der Waals surface area contributed by atoms with E-state index in [0.717, 1.165) is 0 Å². The largest absolute Gasteiger partial charge is 0.393 e. The first-order valence-electron chi connectivity index (χ1n) is 4.47. The first-order valence-corrected chi connectivity index (χ1v) is 4.47. The van der Waals surface area contributed by atoms with Gasteiger partial charge in [-0.3, -0.25) is 4.79 Å². The lowest BCUT2D eigenvalue weighted by molar-refractivity contribution is -0.121. The molecule has 0 saturated carbocycles. The van der Waals surface area contributed by atoms with Gasteiger partial charge in [0.25, 0.3) is 0 Å². The van der Waals surface area contributed by atoms with E-state index in [9.17, 15) is 4.79 Å². The number of carbonyl (C=O) groups is 1. The lowest BCUT2D eigenvalue weighted by Gasteiger charge is -2.06. The summed E-state index contributed by atoms with van der Waals surface area (Å²) in [6.07, 6.45) is 3.31. The molecule has 14 heavy (non-hydrogen) atoms. The van der Waals surface area contributed by atoms with Gasteiger partial charge < -0.3 is 10.4 Å². The van der Waals surface area contributed by atoms with Crippen molar-refractivity contribution in [2.75, 3.05) is 6.54 Å². The molecule has 0 aliphatic rings. The van der Waals surface area contributed by atoms with Gasteiger partial charge in [0.05, 0.1) is 12.3 Å². The average Bonchev–Trinajstić information content (AvgIpc) is 2.56. The molecule has 1 amide bonds. The van der Waals surface area contributed by atoms with Gasteiger partial charge in [-0.25, -0.2) is 4.68 Å². The summed E-state index contributed by atoms with van der Waals surface area (Å²) in [7, 11) is 0. The number of aliphatic hydroxyl groups excluding tert-OH is 1. The fourth-order valence-corrected chi connectivity index (χ4v) is 0.941. The molecule has 0 bridgehead atoms. The highest BCUT2D eigenvalue weighted by molar-refractivity contribution is 5.75. The average molecular weight is 198 g/mol. The quantitative estimate of drug-likeness (QED) is 0.647. The smallest absolute Gasteiger partial charge is 0.241 e. The van der Waals surface area contributed by atoms with Crippen LogP contribution >= 0.6 is 0 Å². The van der Waals surface area contributed by atoms with Crippen LogP contribution in [-0.4, -0.2) is 38.7 Å². The zero-order chi connectivity index (χ0) is 10.4. The predicted octanol–water partition coefficient (Wildman–Crippen LogP) is -0.835. The number of rotatable bonds is 5. The van der Waals surface area contributed by atoms with Gasteiger partial charge in [0, 0.05) is 12.7 Å². The Morgan fingerprint density at radius 2 is 2.50 bits per heavy atom. The van der Waals surface area contributed by atoms with E-state index in [-0.39, 0.29) is 18.6 Å². The molecule has 1 atom stereocenters. The van der Waals surface area contributed by atoms with E-state index >= 15 is 0 Å². The van der Waals surface area contributed by atoms with Crippen molar-refractivity contribution >= 4 is 5.91 Å². The Morgan fingerprint density at radius 3 is 3.07 bits per heavy atom. The molecule has 2 N–H and O–H groups in total. The van der Waals surface area contributed by atoms with Gasteiger partial charge in [-0.05, 0) is 13.3 Å². The summed E-state index contributed by atoms with van der Waals surface area (Å²) < 4.78 is 1.44. The Labute approximate surface area is 81.9 Å². The van der Waals surface area contributed by atoms with Crippen LogP contribution in [-0.2, 0) is 11.3 Å². The normalized spacial score (nSPS) is 12.4. The Bertz CT molecular complexity index is 271. The summed E-state index contributed by atoms with van der Waals surface area (Å²) in [6.45, 7) is 2.33. The van der Waals surface area contributed by atoms with Gasteiger partial charge in [0.1, 0.15) is 6.54 Å². The zero-order valence-corrected chi connectivity index (χ0v) is 8.05. The topological polar surface area (TPSA) is 80.0 Å². The van der Waals surface area contributed by atoms with Crippen molar-refractivity contribution in [2.45, 2.75) is 26.0 Å². The van der Waals surface area contributed by atoms with Crippen LogP contribution in [0.2, 0.25) is 0 Å². The van der Waals surface area contributed by atoms with Crippen molar-refractivity contribution < 1.29 is 9.90 Å². The van der Waals surface area contributed by atoms with Gasteiger partial charge >= 0.3 is 0 Å². The third kappa shape index (κ3) is 3.99. The zero-order valence-electron chi connectivity index (χ0n) is 8.05. The summed E-state index contributed by atoms with van der Waals surface area (Å²) in [4.78, 5) is 11.2. The number of hydrogen-bond donors (Lipinski definition) is 2. The number of carbonyl (C=O) groups excluding carboxylic acids is 1. The Hall–Kier alpha value is -1.43. The van der Waals surface area contributed by atoms with Crippen molar-refractivity contribution in [1.82, 2.24) is 20.3 Å². The number of hydrogen-bond acceptors (Lipinski definition) is 4. The van der Waals surface area contributed by atoms with Crippen LogP contribution in [0.3, 0.4) is 0 Å². The van der Waals surface area contributed by atoms with E-state index in [1.807, 2.05) is 0 Å². The van der Waals surface area contributed by atoms with Gasteiger partial charge in [-0.1, -0.05) is 5.21 Å². The minimum Gasteiger partial charge on any atom is -0.393 e. The number of nitrogens with one attached hydrogen (secondary N) is 1. The van der Waals surface area contributed by atoms with E-state index in [2.05, 4.69) is 15.6 Å². The minimum absolute atomic E-state index is 0.129. The molecule has 6 heteroatoms. The molecule has 0 aliphatic heterocycles. The standard InChI is InChI=1S/C8H14N4O2/c1-7(13)2-3-9-8(14)6-12-5-4-10-11-12/h4-5,7,13H,2-3,6H2,1H3,(H,9,14). The lowest BCUT2D eigenvalue weighted by Crippen LogP contribution is -2.30. The second-order valence-corrected chi connectivity index (χ2v) is 3.09. The van der Waals surface area contributed by atoms with Crippen LogP contribution in [0.15, 0.2) is 12.4 Å². The minimum atomic E-state index is -0.387. The number of aromatic nitrogens is 3. The van der Waals surface area contributed by atoms with Crippen LogP contribution in [0.5, 0.6) is 0 Å². The molecule has 1 aromatic rings. The fraction of sp³-hybridized carbons (Fsp3) is 0.625. The Balaban J connectivity index is 2.17. The molecular weight excluding hydrogens is 184 g/mol. The molecule has 78 valence electrons.